The highest BCUT2D eigenvalue weighted by Gasteiger charge is 2.21. The second-order valence-corrected chi connectivity index (χ2v) is 6.28. The van der Waals surface area contributed by atoms with Gasteiger partial charge in [0.05, 0.1) is 7.11 Å². The SMILES string of the molecule is CN=C(NCc1ccc(OC)cc1OC(F)F)N1CCN(c2ncccn2)CC1. The van der Waals surface area contributed by atoms with E-state index in [1.165, 1.54) is 13.2 Å². The lowest BCUT2D eigenvalue weighted by molar-refractivity contribution is -0.0505. The molecule has 2 heterocycles. The van der Waals surface area contributed by atoms with E-state index in [1.54, 1.807) is 37.6 Å². The van der Waals surface area contributed by atoms with Gasteiger partial charge in [0, 0.05) is 63.8 Å². The number of methoxy groups -OCH3 is 1. The van der Waals surface area contributed by atoms with Gasteiger partial charge in [-0.2, -0.15) is 8.78 Å². The summed E-state index contributed by atoms with van der Waals surface area (Å²) in [4.78, 5) is 17.1. The summed E-state index contributed by atoms with van der Waals surface area (Å²) in [6.07, 6.45) is 3.45. The highest BCUT2D eigenvalue weighted by Crippen LogP contribution is 2.26. The van der Waals surface area contributed by atoms with Crippen molar-refractivity contribution in [1.29, 1.82) is 0 Å². The summed E-state index contributed by atoms with van der Waals surface area (Å²) in [5.41, 5.74) is 0.587. The minimum atomic E-state index is -2.91. The number of benzene rings is 1. The molecule has 29 heavy (non-hydrogen) atoms. The molecule has 1 saturated heterocycles. The van der Waals surface area contributed by atoms with Crippen LogP contribution < -0.4 is 19.7 Å². The van der Waals surface area contributed by atoms with Crippen molar-refractivity contribution in [3.63, 3.8) is 0 Å². The molecule has 1 aromatic heterocycles. The van der Waals surface area contributed by atoms with Crippen molar-refractivity contribution < 1.29 is 18.3 Å². The fourth-order valence-electron chi connectivity index (χ4n) is 3.09. The number of aliphatic imine (C=N–C) groups is 1. The Balaban J connectivity index is 1.60. The Morgan fingerprint density at radius 3 is 2.55 bits per heavy atom. The van der Waals surface area contributed by atoms with Gasteiger partial charge in [-0.1, -0.05) is 0 Å². The lowest BCUT2D eigenvalue weighted by Crippen LogP contribution is -2.52. The normalized spacial score (nSPS) is 14.9. The number of guanidine groups is 1. The summed E-state index contributed by atoms with van der Waals surface area (Å²) >= 11 is 0. The van der Waals surface area contributed by atoms with Crippen LogP contribution in [0.4, 0.5) is 14.7 Å². The number of nitrogens with zero attached hydrogens (tertiary/aromatic N) is 5. The van der Waals surface area contributed by atoms with Crippen LogP contribution in [-0.2, 0) is 6.54 Å². The molecule has 3 rings (SSSR count). The first-order valence-corrected chi connectivity index (χ1v) is 9.20. The maximum Gasteiger partial charge on any atom is 0.387 e. The molecule has 0 bridgehead atoms. The first-order chi connectivity index (χ1) is 14.1. The Bertz CT molecular complexity index is 814. The van der Waals surface area contributed by atoms with Crippen LogP contribution in [0.1, 0.15) is 5.56 Å². The van der Waals surface area contributed by atoms with Crippen molar-refractivity contribution >= 4 is 11.9 Å². The van der Waals surface area contributed by atoms with E-state index in [9.17, 15) is 8.78 Å². The highest BCUT2D eigenvalue weighted by molar-refractivity contribution is 5.80. The number of nitrogens with one attached hydrogen (secondary N) is 1. The average Bonchev–Trinajstić information content (AvgIpc) is 2.75. The Kier molecular flexibility index (Phi) is 6.99. The van der Waals surface area contributed by atoms with E-state index in [1.807, 2.05) is 0 Å². The molecule has 0 atom stereocenters. The molecule has 0 aliphatic carbocycles. The number of halogens is 2. The highest BCUT2D eigenvalue weighted by atomic mass is 19.3. The largest absolute Gasteiger partial charge is 0.497 e. The molecule has 1 fully saturated rings. The van der Waals surface area contributed by atoms with Crippen molar-refractivity contribution in [3.05, 3.63) is 42.2 Å². The van der Waals surface area contributed by atoms with Crippen LogP contribution in [0, 0.1) is 0 Å². The minimum absolute atomic E-state index is 0.0772. The average molecular weight is 406 g/mol. The lowest BCUT2D eigenvalue weighted by Gasteiger charge is -2.36. The predicted molar refractivity (Wildman–Crippen MR) is 106 cm³/mol. The number of rotatable bonds is 6. The second kappa shape index (κ2) is 9.85. The van der Waals surface area contributed by atoms with Crippen LogP contribution in [-0.4, -0.2) is 67.8 Å². The van der Waals surface area contributed by atoms with Crippen molar-refractivity contribution in [2.75, 3.05) is 45.2 Å². The predicted octanol–water partition coefficient (Wildman–Crippen LogP) is 1.98. The molecule has 2 aromatic rings. The first kappa shape index (κ1) is 20.6. The smallest absolute Gasteiger partial charge is 0.387 e. The summed E-state index contributed by atoms with van der Waals surface area (Å²) in [5.74, 6) is 1.93. The van der Waals surface area contributed by atoms with Gasteiger partial charge in [-0.3, -0.25) is 4.99 Å². The third-order valence-electron chi connectivity index (χ3n) is 4.55. The van der Waals surface area contributed by atoms with Crippen molar-refractivity contribution in [1.82, 2.24) is 20.2 Å². The molecule has 1 N–H and O–H groups in total. The van der Waals surface area contributed by atoms with Gasteiger partial charge >= 0.3 is 6.61 Å². The summed E-state index contributed by atoms with van der Waals surface area (Å²) in [5, 5.41) is 3.22. The second-order valence-electron chi connectivity index (χ2n) is 6.28. The van der Waals surface area contributed by atoms with Crippen LogP contribution in [0.25, 0.3) is 0 Å². The molecular weight excluding hydrogens is 382 g/mol. The number of piperazine rings is 1. The van der Waals surface area contributed by atoms with Crippen molar-refractivity contribution in [3.8, 4) is 11.5 Å². The van der Waals surface area contributed by atoms with Crippen LogP contribution in [0.15, 0.2) is 41.7 Å². The van der Waals surface area contributed by atoms with Gasteiger partial charge < -0.3 is 24.6 Å². The molecule has 1 aliphatic heterocycles. The van der Waals surface area contributed by atoms with Gasteiger partial charge in [0.2, 0.25) is 5.95 Å². The molecule has 156 valence electrons. The Labute approximate surface area is 168 Å². The number of alkyl halides is 2. The minimum Gasteiger partial charge on any atom is -0.497 e. The van der Waals surface area contributed by atoms with E-state index < -0.39 is 6.61 Å². The van der Waals surface area contributed by atoms with E-state index in [0.717, 1.165) is 26.2 Å². The Morgan fingerprint density at radius 2 is 1.93 bits per heavy atom. The van der Waals surface area contributed by atoms with Gasteiger partial charge in [-0.05, 0) is 18.2 Å². The summed E-state index contributed by atoms with van der Waals surface area (Å²) in [7, 11) is 3.17. The van der Waals surface area contributed by atoms with Crippen molar-refractivity contribution in [2.24, 2.45) is 4.99 Å². The maximum atomic E-state index is 12.7. The van der Waals surface area contributed by atoms with Gasteiger partial charge in [0.25, 0.3) is 0 Å². The maximum absolute atomic E-state index is 12.7. The van der Waals surface area contributed by atoms with Gasteiger partial charge in [0.15, 0.2) is 5.96 Å². The molecule has 10 heteroatoms. The number of hydrogen-bond acceptors (Lipinski definition) is 6. The summed E-state index contributed by atoms with van der Waals surface area (Å²) < 4.78 is 35.2. The van der Waals surface area contributed by atoms with Gasteiger partial charge in [-0.25, -0.2) is 9.97 Å². The monoisotopic (exact) mass is 406 g/mol. The zero-order valence-electron chi connectivity index (χ0n) is 16.4. The molecule has 0 radical (unpaired) electrons. The lowest BCUT2D eigenvalue weighted by atomic mass is 10.2. The van der Waals surface area contributed by atoms with E-state index in [4.69, 9.17) is 4.74 Å². The Morgan fingerprint density at radius 1 is 1.21 bits per heavy atom. The topological polar surface area (TPSA) is 75.1 Å². The first-order valence-electron chi connectivity index (χ1n) is 9.20. The number of aromatic nitrogens is 2. The zero-order chi connectivity index (χ0) is 20.6. The third-order valence-corrected chi connectivity index (χ3v) is 4.55. The molecule has 1 aromatic carbocycles. The zero-order valence-corrected chi connectivity index (χ0v) is 16.4. The molecule has 0 unspecified atom stereocenters. The molecule has 1 aliphatic rings. The molecule has 0 amide bonds. The number of ether oxygens (including phenoxy) is 2. The van der Waals surface area contributed by atoms with Crippen LogP contribution in [0.2, 0.25) is 0 Å². The molecule has 8 nitrogen and oxygen atoms in total. The van der Waals surface area contributed by atoms with Crippen molar-refractivity contribution in [2.45, 2.75) is 13.2 Å². The fraction of sp³-hybridized carbons (Fsp3) is 0.421. The molecular formula is C19H24F2N6O2. The summed E-state index contributed by atoms with van der Waals surface area (Å²) in [6, 6.07) is 6.64. The molecule has 0 saturated carbocycles. The Hall–Kier alpha value is -3.17. The standard InChI is InChI=1S/C19H24F2N6O2/c1-22-18(26-8-10-27(11-9-26)19-23-6-3-7-24-19)25-13-14-4-5-15(28-2)12-16(14)29-17(20)21/h3-7,12,17H,8-11,13H2,1-2H3,(H,22,25). The van der Waals surface area contributed by atoms with Gasteiger partial charge in [0.1, 0.15) is 11.5 Å². The van der Waals surface area contributed by atoms with Gasteiger partial charge in [-0.15, -0.1) is 0 Å². The number of hydrogen-bond donors (Lipinski definition) is 1. The van der Waals surface area contributed by atoms with E-state index in [-0.39, 0.29) is 5.75 Å². The van der Waals surface area contributed by atoms with E-state index in [2.05, 4.69) is 34.8 Å². The fourth-order valence-corrected chi connectivity index (χ4v) is 3.09. The van der Waals surface area contributed by atoms with Crippen LogP contribution >= 0.6 is 0 Å². The molecule has 0 spiro atoms. The summed E-state index contributed by atoms with van der Waals surface area (Å²) in [6.45, 7) is 0.371. The quantitative estimate of drug-likeness (QED) is 0.581. The van der Waals surface area contributed by atoms with Crippen LogP contribution in [0.5, 0.6) is 11.5 Å². The third kappa shape index (κ3) is 5.43. The van der Waals surface area contributed by atoms with Crippen LogP contribution in [0.3, 0.4) is 0 Å². The van der Waals surface area contributed by atoms with E-state index in [0.29, 0.717) is 29.8 Å². The number of anilines is 1. The van der Waals surface area contributed by atoms with E-state index >= 15 is 0 Å².